The number of carbonyl (C=O) groups excluding carboxylic acids is 4. The van der Waals surface area contributed by atoms with Crippen LogP contribution in [0, 0.1) is 5.82 Å². The molecule has 4 aromatic rings. The molecule has 1 aliphatic heterocycles. The largest absolute Gasteiger partial charge is 0.497 e. The minimum atomic E-state index is -1.20. The van der Waals surface area contributed by atoms with E-state index in [4.69, 9.17) is 9.47 Å². The number of nitrogens with zero attached hydrogens (tertiary/aromatic N) is 2. The number of Topliss-reactive ketones (excluding diaryl/α,β-unsaturated/α-hetero) is 1. The summed E-state index contributed by atoms with van der Waals surface area (Å²) in [5, 5.41) is 2.90. The van der Waals surface area contributed by atoms with E-state index in [1.165, 1.54) is 49.5 Å². The molecule has 1 atom stereocenters. The van der Waals surface area contributed by atoms with Gasteiger partial charge in [-0.15, -0.1) is 0 Å². The molecule has 236 valence electrons. The Balaban J connectivity index is 1.58. The van der Waals surface area contributed by atoms with Gasteiger partial charge in [-0.2, -0.15) is 0 Å². The van der Waals surface area contributed by atoms with Crippen LogP contribution in [-0.4, -0.2) is 49.2 Å². The second-order valence-electron chi connectivity index (χ2n) is 11.2. The number of carbonyl (C=O) groups is 4. The maximum absolute atomic E-state index is 14.3. The predicted molar refractivity (Wildman–Crippen MR) is 172 cm³/mol. The molecule has 3 amide bonds. The lowest BCUT2D eigenvalue weighted by molar-refractivity contribution is -0.139. The van der Waals surface area contributed by atoms with Crippen molar-refractivity contribution in [2.75, 3.05) is 31.0 Å². The summed E-state index contributed by atoms with van der Waals surface area (Å²) >= 11 is 0. The molecule has 1 aliphatic rings. The first-order chi connectivity index (χ1) is 22.1. The Labute approximate surface area is 266 Å². The molecule has 46 heavy (non-hydrogen) atoms. The third-order valence-electron chi connectivity index (χ3n) is 7.90. The molecule has 5 rings (SSSR count). The number of methoxy groups -OCH3 is 2. The molecular formula is C36H34FN3O6. The van der Waals surface area contributed by atoms with Gasteiger partial charge >= 0.3 is 0 Å². The Bertz CT molecular complexity index is 1770. The van der Waals surface area contributed by atoms with Gasteiger partial charge in [0.1, 0.15) is 29.9 Å². The summed E-state index contributed by atoms with van der Waals surface area (Å²) in [6.07, 6.45) is 0. The van der Waals surface area contributed by atoms with Crippen LogP contribution in [0.15, 0.2) is 91.0 Å². The Morgan fingerprint density at radius 1 is 0.870 bits per heavy atom. The van der Waals surface area contributed by atoms with Gasteiger partial charge < -0.3 is 19.7 Å². The maximum atomic E-state index is 14.3. The second kappa shape index (κ2) is 13.6. The zero-order valence-electron chi connectivity index (χ0n) is 26.0. The molecule has 0 saturated carbocycles. The fraction of sp³-hybridized carbons (Fsp3) is 0.222. The monoisotopic (exact) mass is 623 g/mol. The first-order valence-electron chi connectivity index (χ1n) is 14.7. The van der Waals surface area contributed by atoms with Crippen molar-refractivity contribution in [3.63, 3.8) is 0 Å². The van der Waals surface area contributed by atoms with Gasteiger partial charge in [-0.05, 0) is 59.0 Å². The van der Waals surface area contributed by atoms with Crippen LogP contribution in [-0.2, 0) is 20.9 Å². The van der Waals surface area contributed by atoms with Gasteiger partial charge in [-0.3, -0.25) is 24.1 Å². The molecule has 1 N–H and O–H groups in total. The van der Waals surface area contributed by atoms with Crippen molar-refractivity contribution in [1.29, 1.82) is 0 Å². The van der Waals surface area contributed by atoms with Crippen LogP contribution in [0.3, 0.4) is 0 Å². The van der Waals surface area contributed by atoms with Crippen LogP contribution in [0.2, 0.25) is 0 Å². The van der Waals surface area contributed by atoms with E-state index >= 15 is 0 Å². The van der Waals surface area contributed by atoms with E-state index in [-0.39, 0.29) is 18.0 Å². The van der Waals surface area contributed by atoms with Crippen molar-refractivity contribution in [2.24, 2.45) is 0 Å². The van der Waals surface area contributed by atoms with Crippen molar-refractivity contribution < 1.29 is 33.0 Å². The Kier molecular flexibility index (Phi) is 9.46. The smallest absolute Gasteiger partial charge is 0.299 e. The summed E-state index contributed by atoms with van der Waals surface area (Å²) in [5.41, 5.74) is 2.97. The topological polar surface area (TPSA) is 105 Å². The van der Waals surface area contributed by atoms with Gasteiger partial charge in [0.25, 0.3) is 17.6 Å². The molecule has 1 heterocycles. The van der Waals surface area contributed by atoms with Crippen LogP contribution >= 0.6 is 0 Å². The van der Waals surface area contributed by atoms with Crippen molar-refractivity contribution in [2.45, 2.75) is 32.4 Å². The van der Waals surface area contributed by atoms with Gasteiger partial charge in [0, 0.05) is 12.6 Å². The van der Waals surface area contributed by atoms with E-state index in [2.05, 4.69) is 5.32 Å². The van der Waals surface area contributed by atoms with E-state index < -0.39 is 41.9 Å². The number of fused-ring (bicyclic) bond motifs is 1. The Morgan fingerprint density at radius 3 is 2.20 bits per heavy atom. The standard InChI is InChI=1S/C36H34FN3O6/c1-22(2)24-11-13-25(14-12-24)33(35(43)38-29-18-17-27(45-3)19-31(29)46-4)40(20-23-9-15-26(37)16-10-23)32(41)21-39-30-8-6-5-7-28(30)34(42)36(39)44/h5-19,22,33H,20-21H2,1-4H3,(H,38,43). The molecule has 9 nitrogen and oxygen atoms in total. The van der Waals surface area contributed by atoms with Crippen LogP contribution in [0.5, 0.6) is 11.5 Å². The lowest BCUT2D eigenvalue weighted by Gasteiger charge is -2.33. The second-order valence-corrected chi connectivity index (χ2v) is 11.2. The van der Waals surface area contributed by atoms with E-state index in [9.17, 15) is 23.6 Å². The van der Waals surface area contributed by atoms with Crippen LogP contribution in [0.25, 0.3) is 0 Å². The van der Waals surface area contributed by atoms with Crippen molar-refractivity contribution >= 4 is 34.9 Å². The molecule has 0 bridgehead atoms. The highest BCUT2D eigenvalue weighted by atomic mass is 19.1. The fourth-order valence-electron chi connectivity index (χ4n) is 5.38. The number of ether oxygens (including phenoxy) is 2. The van der Waals surface area contributed by atoms with Crippen LogP contribution < -0.4 is 19.7 Å². The third-order valence-corrected chi connectivity index (χ3v) is 7.90. The normalized spacial score (nSPS) is 13.0. The summed E-state index contributed by atoms with van der Waals surface area (Å²) in [5.74, 6) is -2.06. The number of hydrogen-bond donors (Lipinski definition) is 1. The molecule has 0 aromatic heterocycles. The highest BCUT2D eigenvalue weighted by molar-refractivity contribution is 6.52. The first kappa shape index (κ1) is 31.9. The summed E-state index contributed by atoms with van der Waals surface area (Å²) in [4.78, 5) is 56.8. The lowest BCUT2D eigenvalue weighted by Crippen LogP contribution is -2.46. The summed E-state index contributed by atoms with van der Waals surface area (Å²) in [7, 11) is 2.98. The summed E-state index contributed by atoms with van der Waals surface area (Å²) < 4.78 is 24.6. The van der Waals surface area contributed by atoms with Gasteiger partial charge in [-0.1, -0.05) is 62.4 Å². The number of anilines is 2. The van der Waals surface area contributed by atoms with E-state index in [0.717, 1.165) is 10.5 Å². The number of nitrogens with one attached hydrogen (secondary N) is 1. The first-order valence-corrected chi connectivity index (χ1v) is 14.7. The lowest BCUT2D eigenvalue weighted by atomic mass is 9.97. The number of rotatable bonds is 11. The maximum Gasteiger partial charge on any atom is 0.299 e. The van der Waals surface area contributed by atoms with Gasteiger partial charge in [0.2, 0.25) is 5.91 Å². The van der Waals surface area contributed by atoms with Gasteiger partial charge in [0.05, 0.1) is 31.2 Å². The Morgan fingerprint density at radius 2 is 1.54 bits per heavy atom. The molecule has 4 aromatic carbocycles. The SMILES string of the molecule is COc1ccc(NC(=O)C(c2ccc(C(C)C)cc2)N(Cc2ccc(F)cc2)C(=O)CN2C(=O)C(=O)c3ccccc32)c(OC)c1. The summed E-state index contributed by atoms with van der Waals surface area (Å²) in [6.45, 7) is 3.50. The molecule has 0 fully saturated rings. The van der Waals surface area contributed by atoms with Crippen LogP contribution in [0.4, 0.5) is 15.8 Å². The average Bonchev–Trinajstić information content (AvgIpc) is 3.30. The molecule has 0 saturated heterocycles. The third kappa shape index (κ3) is 6.61. The predicted octanol–water partition coefficient (Wildman–Crippen LogP) is 5.90. The molecule has 0 radical (unpaired) electrons. The zero-order chi connectivity index (χ0) is 33.0. The summed E-state index contributed by atoms with van der Waals surface area (Å²) in [6, 6.07) is 23.1. The molecule has 0 spiro atoms. The minimum absolute atomic E-state index is 0.0967. The fourth-order valence-corrected chi connectivity index (χ4v) is 5.38. The van der Waals surface area contributed by atoms with E-state index in [1.807, 2.05) is 26.0 Å². The Hall–Kier alpha value is -5.51. The van der Waals surface area contributed by atoms with Crippen molar-refractivity contribution in [3.8, 4) is 11.5 Å². The highest BCUT2D eigenvalue weighted by Gasteiger charge is 2.39. The number of amides is 3. The molecule has 10 heteroatoms. The van der Waals surface area contributed by atoms with E-state index in [0.29, 0.717) is 34.0 Å². The highest BCUT2D eigenvalue weighted by Crippen LogP contribution is 2.33. The number of halogens is 1. The van der Waals surface area contributed by atoms with E-state index in [1.54, 1.807) is 48.5 Å². The number of para-hydroxylation sites is 1. The quantitative estimate of drug-likeness (QED) is 0.209. The average molecular weight is 624 g/mol. The number of ketones is 1. The number of benzene rings is 4. The minimum Gasteiger partial charge on any atom is -0.497 e. The van der Waals surface area contributed by atoms with Gasteiger partial charge in [-0.25, -0.2) is 4.39 Å². The zero-order valence-corrected chi connectivity index (χ0v) is 26.0. The van der Waals surface area contributed by atoms with Crippen LogP contribution in [0.1, 0.15) is 52.9 Å². The molecule has 1 unspecified atom stereocenters. The van der Waals surface area contributed by atoms with Gasteiger partial charge in [0.15, 0.2) is 0 Å². The molecule has 0 aliphatic carbocycles. The molecular weight excluding hydrogens is 589 g/mol. The number of hydrogen-bond acceptors (Lipinski definition) is 6. The van der Waals surface area contributed by atoms with Crippen molar-refractivity contribution in [3.05, 3.63) is 119 Å². The van der Waals surface area contributed by atoms with Crippen molar-refractivity contribution in [1.82, 2.24) is 4.90 Å².